The Labute approximate surface area is 150 Å². The Morgan fingerprint density at radius 2 is 1.72 bits per heavy atom. The van der Waals surface area contributed by atoms with Gasteiger partial charge in [-0.3, -0.25) is 4.79 Å². The summed E-state index contributed by atoms with van der Waals surface area (Å²) in [6.45, 7) is 8.77. The average Bonchev–Trinajstić information content (AvgIpc) is 2.59. The first kappa shape index (κ1) is 19.3. The highest BCUT2D eigenvalue weighted by molar-refractivity contribution is 5.79. The Bertz CT molecular complexity index is 587. The molecule has 1 aliphatic rings. The van der Waals surface area contributed by atoms with Crippen LogP contribution in [0.4, 0.5) is 4.79 Å². The van der Waals surface area contributed by atoms with Gasteiger partial charge in [-0.2, -0.15) is 0 Å². The first-order valence-electron chi connectivity index (χ1n) is 8.98. The quantitative estimate of drug-likeness (QED) is 0.835. The molecule has 0 radical (unpaired) electrons. The maximum Gasteiger partial charge on any atom is 0.410 e. The Kier molecular flexibility index (Phi) is 6.09. The van der Waals surface area contributed by atoms with Crippen LogP contribution in [0.1, 0.15) is 52.1 Å². The summed E-state index contributed by atoms with van der Waals surface area (Å²) in [5.74, 6) is 0.120. The zero-order chi connectivity index (χ0) is 18.6. The summed E-state index contributed by atoms with van der Waals surface area (Å²) in [4.78, 5) is 28.5. The Balaban J connectivity index is 1.89. The van der Waals surface area contributed by atoms with Gasteiger partial charge in [-0.25, -0.2) is 4.79 Å². The fourth-order valence-electron chi connectivity index (χ4n) is 3.07. The van der Waals surface area contributed by atoms with Crippen LogP contribution < -0.4 is 0 Å². The molecule has 0 aliphatic carbocycles. The third kappa shape index (κ3) is 5.21. The van der Waals surface area contributed by atoms with Crippen LogP contribution in [0.5, 0.6) is 0 Å². The highest BCUT2D eigenvalue weighted by Crippen LogP contribution is 2.25. The van der Waals surface area contributed by atoms with Crippen molar-refractivity contribution in [3.63, 3.8) is 0 Å². The number of rotatable bonds is 3. The number of carbonyl (C=O) groups is 2. The number of amides is 2. The van der Waals surface area contributed by atoms with Crippen LogP contribution in [0.3, 0.4) is 0 Å². The molecule has 1 fully saturated rings. The summed E-state index contributed by atoms with van der Waals surface area (Å²) in [6, 6.07) is 10.1. The number of benzene rings is 1. The van der Waals surface area contributed by atoms with Crippen LogP contribution in [0.2, 0.25) is 0 Å². The second-order valence-electron chi connectivity index (χ2n) is 7.78. The lowest BCUT2D eigenvalue weighted by molar-refractivity contribution is -0.137. The van der Waals surface area contributed by atoms with Gasteiger partial charge in [0.25, 0.3) is 0 Å². The molecule has 1 aliphatic heterocycles. The Morgan fingerprint density at radius 3 is 2.24 bits per heavy atom. The van der Waals surface area contributed by atoms with Crippen LogP contribution in [0.15, 0.2) is 30.3 Å². The summed E-state index contributed by atoms with van der Waals surface area (Å²) in [5, 5.41) is 0. The fraction of sp³-hybridized carbons (Fsp3) is 0.600. The summed E-state index contributed by atoms with van der Waals surface area (Å²) in [6.07, 6.45) is 1.08. The van der Waals surface area contributed by atoms with E-state index in [1.54, 1.807) is 4.90 Å². The van der Waals surface area contributed by atoms with E-state index in [1.165, 1.54) is 0 Å². The molecule has 0 bridgehead atoms. The first-order chi connectivity index (χ1) is 11.7. The van der Waals surface area contributed by atoms with Crippen molar-refractivity contribution in [2.45, 2.75) is 52.2 Å². The van der Waals surface area contributed by atoms with Gasteiger partial charge >= 0.3 is 6.09 Å². The highest BCUT2D eigenvalue weighted by atomic mass is 16.6. The van der Waals surface area contributed by atoms with E-state index in [2.05, 4.69) is 0 Å². The molecule has 0 saturated carbocycles. The number of likely N-dealkylation sites (tertiary alicyclic amines) is 1. The SMILES string of the molecule is CC(c1ccccc1)N(C)C(=O)C1CCN(C(=O)OC(C)(C)C)CC1. The molecule has 1 heterocycles. The van der Waals surface area contributed by atoms with Crippen molar-refractivity contribution in [3.05, 3.63) is 35.9 Å². The molecule has 2 amide bonds. The Morgan fingerprint density at radius 1 is 1.16 bits per heavy atom. The van der Waals surface area contributed by atoms with Gasteiger partial charge in [-0.05, 0) is 46.1 Å². The van der Waals surface area contributed by atoms with E-state index in [9.17, 15) is 9.59 Å². The lowest BCUT2D eigenvalue weighted by Gasteiger charge is -2.35. The van der Waals surface area contributed by atoms with E-state index in [0.29, 0.717) is 25.9 Å². The number of nitrogens with zero attached hydrogens (tertiary/aromatic N) is 2. The molecule has 1 saturated heterocycles. The van der Waals surface area contributed by atoms with Crippen LogP contribution in [0.25, 0.3) is 0 Å². The van der Waals surface area contributed by atoms with Gasteiger partial charge in [0.1, 0.15) is 5.60 Å². The van der Waals surface area contributed by atoms with Crippen LogP contribution in [-0.4, -0.2) is 47.5 Å². The molecule has 0 aromatic heterocycles. The average molecular weight is 346 g/mol. The van der Waals surface area contributed by atoms with E-state index >= 15 is 0 Å². The van der Waals surface area contributed by atoms with Crippen LogP contribution in [0, 0.1) is 5.92 Å². The third-order valence-corrected chi connectivity index (χ3v) is 4.71. The van der Waals surface area contributed by atoms with Crippen LogP contribution >= 0.6 is 0 Å². The van der Waals surface area contributed by atoms with Gasteiger partial charge in [-0.1, -0.05) is 30.3 Å². The van der Waals surface area contributed by atoms with Crippen molar-refractivity contribution in [1.29, 1.82) is 0 Å². The summed E-state index contributed by atoms with van der Waals surface area (Å²) in [5.41, 5.74) is 0.638. The summed E-state index contributed by atoms with van der Waals surface area (Å²) < 4.78 is 5.41. The molecule has 5 nitrogen and oxygen atoms in total. The van der Waals surface area contributed by atoms with Crippen LogP contribution in [-0.2, 0) is 9.53 Å². The molecule has 2 rings (SSSR count). The second-order valence-corrected chi connectivity index (χ2v) is 7.78. The van der Waals surface area contributed by atoms with E-state index in [1.807, 2.05) is 70.0 Å². The largest absolute Gasteiger partial charge is 0.444 e. The Hall–Kier alpha value is -2.04. The highest BCUT2D eigenvalue weighted by Gasteiger charge is 2.32. The fourth-order valence-corrected chi connectivity index (χ4v) is 3.07. The molecular formula is C20H30N2O3. The number of ether oxygens (including phenoxy) is 1. The summed E-state index contributed by atoms with van der Waals surface area (Å²) in [7, 11) is 1.86. The minimum absolute atomic E-state index is 0.0325. The molecule has 1 unspecified atom stereocenters. The van der Waals surface area contributed by atoms with Gasteiger partial charge in [0.15, 0.2) is 0 Å². The van der Waals surface area contributed by atoms with Crippen molar-refractivity contribution in [3.8, 4) is 0 Å². The van der Waals surface area contributed by atoms with Crippen molar-refractivity contribution in [1.82, 2.24) is 9.80 Å². The number of carbonyl (C=O) groups excluding carboxylic acids is 2. The zero-order valence-electron chi connectivity index (χ0n) is 16.0. The normalized spacial score (nSPS) is 17.1. The number of piperidine rings is 1. The van der Waals surface area contributed by atoms with Gasteiger partial charge in [0.2, 0.25) is 5.91 Å². The lowest BCUT2D eigenvalue weighted by Crippen LogP contribution is -2.45. The maximum absolute atomic E-state index is 12.8. The minimum atomic E-state index is -0.491. The number of hydrogen-bond acceptors (Lipinski definition) is 3. The van der Waals surface area contributed by atoms with Gasteiger partial charge in [0, 0.05) is 26.1 Å². The first-order valence-corrected chi connectivity index (χ1v) is 8.98. The molecule has 1 aromatic carbocycles. The van der Waals surface area contributed by atoms with Gasteiger partial charge in [-0.15, -0.1) is 0 Å². The molecule has 0 N–H and O–H groups in total. The standard InChI is InChI=1S/C20H30N2O3/c1-15(16-9-7-6-8-10-16)21(5)18(23)17-11-13-22(14-12-17)19(24)25-20(2,3)4/h6-10,15,17H,11-14H2,1-5H3. The third-order valence-electron chi connectivity index (χ3n) is 4.71. The van der Waals surface area contributed by atoms with Gasteiger partial charge < -0.3 is 14.5 Å². The van der Waals surface area contributed by atoms with Gasteiger partial charge in [0.05, 0.1) is 6.04 Å². The molecule has 1 atom stereocenters. The van der Waals surface area contributed by atoms with E-state index < -0.39 is 5.60 Å². The predicted octanol–water partition coefficient (Wildman–Crippen LogP) is 3.85. The maximum atomic E-state index is 12.8. The van der Waals surface area contributed by atoms with E-state index in [-0.39, 0.29) is 24.0 Å². The second kappa shape index (κ2) is 7.89. The predicted molar refractivity (Wildman–Crippen MR) is 98.2 cm³/mol. The molecule has 1 aromatic rings. The molecular weight excluding hydrogens is 316 g/mol. The molecule has 0 spiro atoms. The van der Waals surface area contributed by atoms with Crippen molar-refractivity contribution in [2.75, 3.05) is 20.1 Å². The minimum Gasteiger partial charge on any atom is -0.444 e. The monoisotopic (exact) mass is 346 g/mol. The van der Waals surface area contributed by atoms with E-state index in [0.717, 1.165) is 5.56 Å². The lowest BCUT2D eigenvalue weighted by atomic mass is 9.94. The van der Waals surface area contributed by atoms with Crippen molar-refractivity contribution in [2.24, 2.45) is 5.92 Å². The molecule has 25 heavy (non-hydrogen) atoms. The number of hydrogen-bond donors (Lipinski definition) is 0. The molecule has 138 valence electrons. The van der Waals surface area contributed by atoms with E-state index in [4.69, 9.17) is 4.74 Å². The van der Waals surface area contributed by atoms with Crippen molar-refractivity contribution >= 4 is 12.0 Å². The van der Waals surface area contributed by atoms with Crippen molar-refractivity contribution < 1.29 is 14.3 Å². The summed E-state index contributed by atoms with van der Waals surface area (Å²) >= 11 is 0. The molecule has 5 heteroatoms. The topological polar surface area (TPSA) is 49.9 Å². The smallest absolute Gasteiger partial charge is 0.410 e. The zero-order valence-corrected chi connectivity index (χ0v) is 16.0.